The van der Waals surface area contributed by atoms with E-state index in [4.69, 9.17) is 10.5 Å². The average Bonchev–Trinajstić information content (AvgIpc) is 2.82. The number of carbonyl (C=O) groups is 1. The molecule has 0 aliphatic carbocycles. The summed E-state index contributed by atoms with van der Waals surface area (Å²) in [6.45, 7) is 2.60. The van der Waals surface area contributed by atoms with Gasteiger partial charge in [-0.1, -0.05) is 0 Å². The van der Waals surface area contributed by atoms with Crippen LogP contribution in [0.15, 0.2) is 0 Å². The summed E-state index contributed by atoms with van der Waals surface area (Å²) in [7, 11) is 1.87. The van der Waals surface area contributed by atoms with Gasteiger partial charge in [-0.3, -0.25) is 4.79 Å². The number of hydrogen-bond donors (Lipinski definition) is 1. The maximum atomic E-state index is 12.2. The first-order valence-electron chi connectivity index (χ1n) is 6.21. The zero-order valence-corrected chi connectivity index (χ0v) is 11.8. The Morgan fingerprint density at radius 2 is 2.29 bits per heavy atom. The maximum absolute atomic E-state index is 12.2. The van der Waals surface area contributed by atoms with Crippen molar-refractivity contribution in [3.63, 3.8) is 0 Å². The minimum atomic E-state index is -0.273. The van der Waals surface area contributed by atoms with Gasteiger partial charge in [-0.25, -0.2) is 0 Å². The smallest absolute Gasteiger partial charge is 0.251 e. The molecule has 100 valence electrons. The predicted molar refractivity (Wildman–Crippen MR) is 72.2 cm³/mol. The molecule has 0 radical (unpaired) electrons. The Labute approximate surface area is 108 Å². The Balaban J connectivity index is 2.41. The minimum Gasteiger partial charge on any atom is -0.364 e. The number of carbonyl (C=O) groups excluding carboxylic acids is 1. The third-order valence-electron chi connectivity index (χ3n) is 3.39. The van der Waals surface area contributed by atoms with E-state index < -0.39 is 0 Å². The third kappa shape index (κ3) is 4.16. The van der Waals surface area contributed by atoms with Gasteiger partial charge in [0.05, 0.1) is 6.10 Å². The van der Waals surface area contributed by atoms with Crippen LogP contribution in [0.4, 0.5) is 0 Å². The minimum absolute atomic E-state index is 0.0684. The van der Waals surface area contributed by atoms with Gasteiger partial charge in [-0.2, -0.15) is 11.8 Å². The van der Waals surface area contributed by atoms with Crippen LogP contribution in [0.25, 0.3) is 0 Å². The van der Waals surface area contributed by atoms with Gasteiger partial charge in [-0.15, -0.1) is 0 Å². The zero-order valence-electron chi connectivity index (χ0n) is 11.0. The fraction of sp³-hybridized carbons (Fsp3) is 0.917. The third-order valence-corrected chi connectivity index (χ3v) is 4.04. The molecule has 17 heavy (non-hydrogen) atoms. The van der Waals surface area contributed by atoms with Crippen molar-refractivity contribution in [2.24, 2.45) is 5.73 Å². The Morgan fingerprint density at radius 1 is 1.59 bits per heavy atom. The largest absolute Gasteiger partial charge is 0.364 e. The van der Waals surface area contributed by atoms with Crippen LogP contribution in [0.2, 0.25) is 0 Å². The van der Waals surface area contributed by atoms with Gasteiger partial charge < -0.3 is 15.4 Å². The SMILES string of the molecule is CSCCC(C)N(C)C(=O)C1CCC(CN)O1. The normalized spacial score (nSPS) is 25.9. The molecule has 3 atom stereocenters. The second kappa shape index (κ2) is 7.24. The summed E-state index contributed by atoms with van der Waals surface area (Å²) in [5.41, 5.74) is 5.55. The summed E-state index contributed by atoms with van der Waals surface area (Å²) in [5.74, 6) is 1.19. The lowest BCUT2D eigenvalue weighted by Gasteiger charge is -2.27. The van der Waals surface area contributed by atoms with Crippen LogP contribution < -0.4 is 5.73 Å². The molecule has 0 aromatic carbocycles. The average molecular weight is 260 g/mol. The molecular weight excluding hydrogens is 236 g/mol. The molecular formula is C12H24N2O2S. The van der Waals surface area contributed by atoms with Crippen molar-refractivity contribution >= 4 is 17.7 Å². The van der Waals surface area contributed by atoms with Crippen LogP contribution in [0.1, 0.15) is 26.2 Å². The van der Waals surface area contributed by atoms with Crippen LogP contribution in [0, 0.1) is 0 Å². The van der Waals surface area contributed by atoms with Gasteiger partial charge in [0.1, 0.15) is 6.10 Å². The fourth-order valence-corrected chi connectivity index (χ4v) is 2.56. The van der Waals surface area contributed by atoms with E-state index in [1.807, 2.05) is 23.7 Å². The van der Waals surface area contributed by atoms with E-state index in [0.717, 1.165) is 25.0 Å². The highest BCUT2D eigenvalue weighted by Gasteiger charge is 2.32. The van der Waals surface area contributed by atoms with E-state index in [2.05, 4.69) is 13.2 Å². The first-order chi connectivity index (χ1) is 8.10. The molecule has 2 N–H and O–H groups in total. The van der Waals surface area contributed by atoms with E-state index in [1.165, 1.54) is 0 Å². The summed E-state index contributed by atoms with van der Waals surface area (Å²) < 4.78 is 5.63. The van der Waals surface area contributed by atoms with Gasteiger partial charge in [0.25, 0.3) is 5.91 Å². The molecule has 0 bridgehead atoms. The monoisotopic (exact) mass is 260 g/mol. The molecule has 0 saturated carbocycles. The van der Waals surface area contributed by atoms with E-state index in [9.17, 15) is 4.79 Å². The standard InChI is InChI=1S/C12H24N2O2S/c1-9(6-7-17-3)14(2)12(15)11-5-4-10(8-13)16-11/h9-11H,4-8,13H2,1-3H3. The molecule has 1 aliphatic rings. The number of nitrogens with zero attached hydrogens (tertiary/aromatic N) is 1. The molecule has 0 aromatic rings. The highest BCUT2D eigenvalue weighted by Crippen LogP contribution is 2.21. The second-order valence-electron chi connectivity index (χ2n) is 4.64. The molecule has 1 amide bonds. The predicted octanol–water partition coefficient (Wildman–Crippen LogP) is 1.09. The summed E-state index contributed by atoms with van der Waals surface area (Å²) >= 11 is 1.81. The van der Waals surface area contributed by atoms with Crippen molar-refractivity contribution in [1.82, 2.24) is 4.90 Å². The molecule has 0 spiro atoms. The lowest BCUT2D eigenvalue weighted by molar-refractivity contribution is -0.143. The lowest BCUT2D eigenvalue weighted by atomic mass is 10.1. The van der Waals surface area contributed by atoms with E-state index >= 15 is 0 Å². The van der Waals surface area contributed by atoms with Crippen molar-refractivity contribution in [3.05, 3.63) is 0 Å². The Hall–Kier alpha value is -0.260. The Morgan fingerprint density at radius 3 is 2.82 bits per heavy atom. The van der Waals surface area contributed by atoms with Crippen LogP contribution in [0.5, 0.6) is 0 Å². The lowest BCUT2D eigenvalue weighted by Crippen LogP contribution is -2.42. The van der Waals surface area contributed by atoms with E-state index in [-0.39, 0.29) is 24.2 Å². The highest BCUT2D eigenvalue weighted by atomic mass is 32.2. The summed E-state index contributed by atoms with van der Waals surface area (Å²) in [5, 5.41) is 0. The van der Waals surface area contributed by atoms with Crippen LogP contribution in [0.3, 0.4) is 0 Å². The van der Waals surface area contributed by atoms with Gasteiger partial charge >= 0.3 is 0 Å². The van der Waals surface area contributed by atoms with Gasteiger partial charge in [0, 0.05) is 19.6 Å². The first kappa shape index (κ1) is 14.8. The fourth-order valence-electron chi connectivity index (χ4n) is 1.99. The highest BCUT2D eigenvalue weighted by molar-refractivity contribution is 7.98. The van der Waals surface area contributed by atoms with Crippen LogP contribution in [-0.4, -0.2) is 54.7 Å². The summed E-state index contributed by atoms with van der Waals surface area (Å²) in [6.07, 6.45) is 4.61. The Kier molecular flexibility index (Phi) is 6.30. The van der Waals surface area contributed by atoms with Gasteiger partial charge in [-0.05, 0) is 38.2 Å². The molecule has 1 heterocycles. The van der Waals surface area contributed by atoms with E-state index in [1.54, 1.807) is 0 Å². The number of ether oxygens (including phenoxy) is 1. The van der Waals surface area contributed by atoms with Crippen molar-refractivity contribution in [2.45, 2.75) is 44.4 Å². The van der Waals surface area contributed by atoms with Crippen LogP contribution >= 0.6 is 11.8 Å². The topological polar surface area (TPSA) is 55.6 Å². The zero-order chi connectivity index (χ0) is 12.8. The molecule has 5 heteroatoms. The van der Waals surface area contributed by atoms with Gasteiger partial charge in [0.15, 0.2) is 0 Å². The quantitative estimate of drug-likeness (QED) is 0.777. The number of amides is 1. The molecule has 1 rings (SSSR count). The van der Waals surface area contributed by atoms with E-state index in [0.29, 0.717) is 6.54 Å². The van der Waals surface area contributed by atoms with Crippen molar-refractivity contribution in [1.29, 1.82) is 0 Å². The molecule has 0 aromatic heterocycles. The van der Waals surface area contributed by atoms with Gasteiger partial charge in [0.2, 0.25) is 0 Å². The second-order valence-corrected chi connectivity index (χ2v) is 5.63. The molecule has 1 saturated heterocycles. The van der Waals surface area contributed by atoms with Crippen molar-refractivity contribution in [2.75, 3.05) is 25.6 Å². The molecule has 1 fully saturated rings. The number of likely N-dealkylation sites (N-methyl/N-ethyl adjacent to an activating group) is 1. The van der Waals surface area contributed by atoms with Crippen LogP contribution in [-0.2, 0) is 9.53 Å². The number of rotatable bonds is 6. The summed E-state index contributed by atoms with van der Waals surface area (Å²) in [4.78, 5) is 14.0. The maximum Gasteiger partial charge on any atom is 0.251 e. The number of thioether (sulfide) groups is 1. The molecule has 1 aliphatic heterocycles. The van der Waals surface area contributed by atoms with Crippen molar-refractivity contribution in [3.8, 4) is 0 Å². The number of hydrogen-bond acceptors (Lipinski definition) is 4. The first-order valence-corrected chi connectivity index (χ1v) is 7.60. The summed E-state index contributed by atoms with van der Waals surface area (Å²) in [6, 6.07) is 0.274. The molecule has 3 unspecified atom stereocenters. The van der Waals surface area contributed by atoms with Crippen molar-refractivity contribution < 1.29 is 9.53 Å². The number of nitrogens with two attached hydrogens (primary N) is 1. The Bertz CT molecular complexity index is 251. The molecule has 4 nitrogen and oxygen atoms in total.